The Labute approximate surface area is 115 Å². The lowest BCUT2D eigenvalue weighted by atomic mass is 10.1. The predicted octanol–water partition coefficient (Wildman–Crippen LogP) is 4.62. The van der Waals surface area contributed by atoms with Crippen molar-refractivity contribution in [1.82, 2.24) is 0 Å². The maximum absolute atomic E-state index is 5.68. The Hall–Kier alpha value is -1.70. The van der Waals surface area contributed by atoms with E-state index in [1.54, 1.807) is 0 Å². The fourth-order valence-electron chi connectivity index (χ4n) is 1.89. The largest absolute Gasteiger partial charge is 0.494 e. The number of benzene rings is 2. The fourth-order valence-corrected chi connectivity index (χ4v) is 1.89. The number of hydrogen-bond donors (Lipinski definition) is 0. The van der Waals surface area contributed by atoms with Gasteiger partial charge in [0.25, 0.3) is 0 Å². The summed E-state index contributed by atoms with van der Waals surface area (Å²) >= 11 is 0. The van der Waals surface area contributed by atoms with Gasteiger partial charge in [-0.05, 0) is 47.9 Å². The van der Waals surface area contributed by atoms with Crippen molar-refractivity contribution < 1.29 is 9.47 Å². The lowest BCUT2D eigenvalue weighted by molar-refractivity contribution is 0.312. The van der Waals surface area contributed by atoms with Crippen LogP contribution in [0.3, 0.4) is 0 Å². The lowest BCUT2D eigenvalue weighted by Gasteiger charge is -2.08. The molecule has 2 heteroatoms. The summed E-state index contributed by atoms with van der Waals surface area (Å²) in [5.74, 6) is 1.85. The second kappa shape index (κ2) is 7.03. The van der Waals surface area contributed by atoms with E-state index in [1.165, 1.54) is 10.8 Å². The van der Waals surface area contributed by atoms with Gasteiger partial charge in [-0.3, -0.25) is 0 Å². The van der Waals surface area contributed by atoms with E-state index >= 15 is 0 Å². The quantitative estimate of drug-likeness (QED) is 0.674. The van der Waals surface area contributed by atoms with Crippen LogP contribution in [0.15, 0.2) is 36.4 Å². The van der Waals surface area contributed by atoms with Crippen LogP contribution in [0.25, 0.3) is 10.8 Å². The average Bonchev–Trinajstić information content (AvgIpc) is 2.45. The summed E-state index contributed by atoms with van der Waals surface area (Å²) in [6.07, 6.45) is 2.92. The summed E-state index contributed by atoms with van der Waals surface area (Å²) in [5, 5.41) is 2.36. The second-order valence-corrected chi connectivity index (χ2v) is 4.57. The molecule has 19 heavy (non-hydrogen) atoms. The third kappa shape index (κ3) is 3.88. The molecule has 1 radical (unpaired) electrons. The molecule has 0 aliphatic heterocycles. The first-order chi connectivity index (χ1) is 9.33. The normalized spacial score (nSPS) is 10.6. The summed E-state index contributed by atoms with van der Waals surface area (Å²) in [5.41, 5.74) is 0. The van der Waals surface area contributed by atoms with Crippen LogP contribution in [0.5, 0.6) is 11.5 Å². The van der Waals surface area contributed by atoms with Crippen LogP contribution in [-0.4, -0.2) is 13.2 Å². The summed E-state index contributed by atoms with van der Waals surface area (Å²) in [7, 11) is 0. The van der Waals surface area contributed by atoms with Gasteiger partial charge in [0.2, 0.25) is 0 Å². The van der Waals surface area contributed by atoms with Crippen molar-refractivity contribution in [3.8, 4) is 11.5 Å². The van der Waals surface area contributed by atoms with Gasteiger partial charge >= 0.3 is 0 Å². The molecule has 0 saturated carbocycles. The van der Waals surface area contributed by atoms with E-state index in [4.69, 9.17) is 9.47 Å². The fraction of sp³-hybridized carbons (Fsp3) is 0.353. The number of rotatable bonds is 7. The van der Waals surface area contributed by atoms with Crippen molar-refractivity contribution in [1.29, 1.82) is 0 Å². The minimum Gasteiger partial charge on any atom is -0.494 e. The Morgan fingerprint density at radius 3 is 2.00 bits per heavy atom. The van der Waals surface area contributed by atoms with Gasteiger partial charge < -0.3 is 9.47 Å². The third-order valence-corrected chi connectivity index (χ3v) is 2.92. The Morgan fingerprint density at radius 1 is 0.895 bits per heavy atom. The van der Waals surface area contributed by atoms with Crippen LogP contribution in [0, 0.1) is 6.92 Å². The monoisotopic (exact) mass is 257 g/mol. The number of fused-ring (bicyclic) bond motifs is 1. The highest BCUT2D eigenvalue weighted by Crippen LogP contribution is 2.25. The topological polar surface area (TPSA) is 18.5 Å². The summed E-state index contributed by atoms with van der Waals surface area (Å²) in [4.78, 5) is 0. The van der Waals surface area contributed by atoms with Gasteiger partial charge in [0.1, 0.15) is 11.5 Å². The molecule has 101 valence electrons. The van der Waals surface area contributed by atoms with Gasteiger partial charge in [-0.2, -0.15) is 0 Å². The molecule has 0 N–H and O–H groups in total. The lowest BCUT2D eigenvalue weighted by Crippen LogP contribution is -1.96. The second-order valence-electron chi connectivity index (χ2n) is 4.57. The molecule has 0 amide bonds. The van der Waals surface area contributed by atoms with Gasteiger partial charge in [-0.25, -0.2) is 0 Å². The molecule has 0 aliphatic rings. The minimum absolute atomic E-state index is 0.729. The Kier molecular flexibility index (Phi) is 5.08. The standard InChI is InChI=1S/C17H21O2/c1-3-5-11-19-17-9-7-14-12-16(18-10-4-2)8-6-15(14)13-17/h6-9,12-13H,1,3-5,10-11H2,2H3. The molecule has 0 bridgehead atoms. The first kappa shape index (κ1) is 13.7. The van der Waals surface area contributed by atoms with Crippen molar-refractivity contribution in [3.05, 3.63) is 43.3 Å². The van der Waals surface area contributed by atoms with Gasteiger partial charge in [0.15, 0.2) is 0 Å². The molecule has 2 nitrogen and oxygen atoms in total. The molecule has 0 aliphatic carbocycles. The molecular formula is C17H21O2. The zero-order valence-corrected chi connectivity index (χ0v) is 11.5. The molecular weight excluding hydrogens is 236 g/mol. The first-order valence-electron chi connectivity index (χ1n) is 6.92. The Bertz CT molecular complexity index is 520. The molecule has 2 rings (SSSR count). The van der Waals surface area contributed by atoms with Crippen molar-refractivity contribution >= 4 is 10.8 Å². The highest BCUT2D eigenvalue weighted by Gasteiger charge is 2.00. The van der Waals surface area contributed by atoms with Crippen molar-refractivity contribution in [2.45, 2.75) is 26.2 Å². The van der Waals surface area contributed by atoms with E-state index in [-0.39, 0.29) is 0 Å². The van der Waals surface area contributed by atoms with Crippen LogP contribution in [0.2, 0.25) is 0 Å². The maximum Gasteiger partial charge on any atom is 0.119 e. The molecule has 0 aromatic heterocycles. The van der Waals surface area contributed by atoms with E-state index in [2.05, 4.69) is 38.1 Å². The van der Waals surface area contributed by atoms with Gasteiger partial charge in [0.05, 0.1) is 13.2 Å². The highest BCUT2D eigenvalue weighted by molar-refractivity contribution is 5.85. The maximum atomic E-state index is 5.68. The van der Waals surface area contributed by atoms with Gasteiger partial charge in [-0.1, -0.05) is 32.4 Å². The van der Waals surface area contributed by atoms with Crippen LogP contribution in [-0.2, 0) is 0 Å². The number of unbranched alkanes of at least 4 members (excludes halogenated alkanes) is 1. The van der Waals surface area contributed by atoms with E-state index in [9.17, 15) is 0 Å². The zero-order valence-electron chi connectivity index (χ0n) is 11.5. The molecule has 0 fully saturated rings. The number of hydrogen-bond acceptors (Lipinski definition) is 2. The van der Waals surface area contributed by atoms with E-state index in [1.807, 2.05) is 12.1 Å². The Morgan fingerprint density at radius 2 is 1.47 bits per heavy atom. The van der Waals surface area contributed by atoms with Crippen LogP contribution >= 0.6 is 0 Å². The third-order valence-electron chi connectivity index (χ3n) is 2.92. The molecule has 0 unspecified atom stereocenters. The zero-order chi connectivity index (χ0) is 13.5. The molecule has 0 spiro atoms. The van der Waals surface area contributed by atoms with Crippen LogP contribution in [0.4, 0.5) is 0 Å². The average molecular weight is 257 g/mol. The van der Waals surface area contributed by atoms with E-state index in [0.29, 0.717) is 0 Å². The van der Waals surface area contributed by atoms with Gasteiger partial charge in [-0.15, -0.1) is 0 Å². The summed E-state index contributed by atoms with van der Waals surface area (Å²) < 4.78 is 11.3. The number of ether oxygens (including phenoxy) is 2. The van der Waals surface area contributed by atoms with Crippen molar-refractivity contribution in [3.63, 3.8) is 0 Å². The molecule has 2 aromatic rings. The van der Waals surface area contributed by atoms with Crippen molar-refractivity contribution in [2.24, 2.45) is 0 Å². The smallest absolute Gasteiger partial charge is 0.119 e. The summed E-state index contributed by atoms with van der Waals surface area (Å²) in [6.45, 7) is 7.41. The minimum atomic E-state index is 0.729. The van der Waals surface area contributed by atoms with E-state index in [0.717, 1.165) is 44.0 Å². The summed E-state index contributed by atoms with van der Waals surface area (Å²) in [6, 6.07) is 12.3. The molecule has 0 heterocycles. The van der Waals surface area contributed by atoms with Gasteiger partial charge in [0, 0.05) is 0 Å². The van der Waals surface area contributed by atoms with Crippen molar-refractivity contribution in [2.75, 3.05) is 13.2 Å². The van der Waals surface area contributed by atoms with Crippen LogP contribution < -0.4 is 9.47 Å². The SMILES string of the molecule is [CH2]CCCOc1ccc2cc(OCCC)ccc2c1. The van der Waals surface area contributed by atoms with Crippen LogP contribution in [0.1, 0.15) is 26.2 Å². The highest BCUT2D eigenvalue weighted by atomic mass is 16.5. The molecule has 0 atom stereocenters. The molecule has 2 aromatic carbocycles. The van der Waals surface area contributed by atoms with E-state index < -0.39 is 0 Å². The Balaban J connectivity index is 2.11. The molecule has 0 saturated heterocycles. The first-order valence-corrected chi connectivity index (χ1v) is 6.92. The predicted molar refractivity (Wildman–Crippen MR) is 79.8 cm³/mol.